The van der Waals surface area contributed by atoms with Crippen molar-refractivity contribution in [2.75, 3.05) is 23.8 Å². The third-order valence-corrected chi connectivity index (χ3v) is 8.72. The van der Waals surface area contributed by atoms with Crippen LogP contribution in [0.25, 0.3) is 32.1 Å². The van der Waals surface area contributed by atoms with Crippen LogP contribution in [0.4, 0.5) is 19.6 Å². The average Bonchev–Trinajstić information content (AvgIpc) is 3.35. The summed E-state index contributed by atoms with van der Waals surface area (Å²) in [4.78, 5) is 11.0. The van der Waals surface area contributed by atoms with E-state index < -0.39 is 11.6 Å². The second-order valence-electron chi connectivity index (χ2n) is 9.08. The summed E-state index contributed by atoms with van der Waals surface area (Å²) in [6, 6.07) is 5.25. The minimum Gasteiger partial charge on any atom is -0.489 e. The molecule has 2 fully saturated rings. The van der Waals surface area contributed by atoms with Gasteiger partial charge in [0.15, 0.2) is 11.6 Å². The SMILES string of the molecule is N#Cc1c(N)sc2c(F)ccc(-c3c(Cl)c4c5c(ncnc5c3F)N3C[C@@H]5CC[C@@H](N5)[C@H]3CO4)c12. The van der Waals surface area contributed by atoms with E-state index >= 15 is 4.39 Å². The lowest BCUT2D eigenvalue weighted by molar-refractivity contribution is 0.244. The Balaban J connectivity index is 1.54. The molecular weight excluding hydrogens is 494 g/mol. The number of nitrogens with one attached hydrogen (secondary N) is 1. The molecule has 2 bridgehead atoms. The summed E-state index contributed by atoms with van der Waals surface area (Å²) in [5, 5.41) is 14.2. The number of nitriles is 1. The molecule has 35 heavy (non-hydrogen) atoms. The molecule has 4 aromatic rings. The van der Waals surface area contributed by atoms with Gasteiger partial charge in [0.05, 0.1) is 26.7 Å². The zero-order valence-corrected chi connectivity index (χ0v) is 19.7. The van der Waals surface area contributed by atoms with Crippen molar-refractivity contribution in [3.8, 4) is 22.9 Å². The number of thiophene rings is 1. The lowest BCUT2D eigenvalue weighted by atomic mass is 9.96. The van der Waals surface area contributed by atoms with Gasteiger partial charge in [-0.2, -0.15) is 5.26 Å². The van der Waals surface area contributed by atoms with Crippen LogP contribution >= 0.6 is 22.9 Å². The van der Waals surface area contributed by atoms with Crippen LogP contribution in [0.15, 0.2) is 18.5 Å². The van der Waals surface area contributed by atoms with Gasteiger partial charge in [0, 0.05) is 29.6 Å². The summed E-state index contributed by atoms with van der Waals surface area (Å²) >= 11 is 7.81. The Morgan fingerprint density at radius 3 is 2.94 bits per heavy atom. The van der Waals surface area contributed by atoms with Crippen LogP contribution in [-0.4, -0.2) is 41.2 Å². The van der Waals surface area contributed by atoms with E-state index in [0.29, 0.717) is 23.9 Å². The summed E-state index contributed by atoms with van der Waals surface area (Å²) in [6.45, 7) is 1.07. The van der Waals surface area contributed by atoms with Crippen molar-refractivity contribution in [3.63, 3.8) is 0 Å². The predicted molar refractivity (Wildman–Crippen MR) is 131 cm³/mol. The molecule has 0 spiro atoms. The molecule has 0 aliphatic carbocycles. The highest BCUT2D eigenvalue weighted by Gasteiger charge is 2.44. The molecule has 7 nitrogen and oxygen atoms in total. The van der Waals surface area contributed by atoms with E-state index in [2.05, 4.69) is 20.2 Å². The topological polar surface area (TPSA) is 100 Å². The summed E-state index contributed by atoms with van der Waals surface area (Å²) < 4.78 is 37.3. The summed E-state index contributed by atoms with van der Waals surface area (Å²) in [5.41, 5.74) is 6.41. The van der Waals surface area contributed by atoms with Crippen molar-refractivity contribution in [1.82, 2.24) is 15.3 Å². The number of hydrogen-bond acceptors (Lipinski definition) is 8. The molecule has 11 heteroatoms. The zero-order chi connectivity index (χ0) is 24.0. The van der Waals surface area contributed by atoms with Crippen LogP contribution in [0.3, 0.4) is 0 Å². The molecule has 0 amide bonds. The molecule has 3 atom stereocenters. The standard InChI is InChI=1S/C24H17ClF2N6OS/c25-18-16(10-2-3-12(26)22-15(10)11(5-28)23(29)35-22)19(27)20-17-21(18)34-7-14-13-4-1-9(32-13)6-33(14)24(17)31-8-30-20/h2-3,8-9,13-14,32H,1,4,6-7,29H2/t9-,13+,14+/m0/s1. The molecule has 2 aromatic carbocycles. The average molecular weight is 511 g/mol. The van der Waals surface area contributed by atoms with Gasteiger partial charge < -0.3 is 20.7 Å². The van der Waals surface area contributed by atoms with Gasteiger partial charge in [-0.25, -0.2) is 18.7 Å². The van der Waals surface area contributed by atoms with Crippen LogP contribution in [-0.2, 0) is 0 Å². The van der Waals surface area contributed by atoms with Gasteiger partial charge in [0.1, 0.15) is 41.2 Å². The molecule has 5 heterocycles. The van der Waals surface area contributed by atoms with Gasteiger partial charge in [-0.05, 0) is 24.5 Å². The fourth-order valence-electron chi connectivity index (χ4n) is 5.79. The second kappa shape index (κ2) is 7.37. The van der Waals surface area contributed by atoms with Crippen LogP contribution in [0.1, 0.15) is 18.4 Å². The molecular formula is C24H17ClF2N6OS. The summed E-state index contributed by atoms with van der Waals surface area (Å²) in [6.07, 6.45) is 3.44. The highest BCUT2D eigenvalue weighted by molar-refractivity contribution is 7.23. The van der Waals surface area contributed by atoms with Gasteiger partial charge in [-0.15, -0.1) is 11.3 Å². The Morgan fingerprint density at radius 2 is 2.11 bits per heavy atom. The number of piperazine rings is 1. The summed E-state index contributed by atoms with van der Waals surface area (Å²) in [5.74, 6) is -0.338. The van der Waals surface area contributed by atoms with Gasteiger partial charge in [-0.3, -0.25) is 0 Å². The number of rotatable bonds is 1. The number of anilines is 2. The lowest BCUT2D eigenvalue weighted by Crippen LogP contribution is -2.60. The van der Waals surface area contributed by atoms with Crippen LogP contribution in [0.2, 0.25) is 5.02 Å². The van der Waals surface area contributed by atoms with Gasteiger partial charge in [0.2, 0.25) is 0 Å². The van der Waals surface area contributed by atoms with Gasteiger partial charge >= 0.3 is 0 Å². The molecule has 0 unspecified atom stereocenters. The number of benzene rings is 2. The predicted octanol–water partition coefficient (Wildman–Crippen LogP) is 4.60. The Bertz CT molecular complexity index is 1620. The smallest absolute Gasteiger partial charge is 0.159 e. The number of fused-ring (bicyclic) bond motifs is 6. The first-order chi connectivity index (χ1) is 17.0. The highest BCUT2D eigenvalue weighted by atomic mass is 35.5. The number of hydrogen-bond donors (Lipinski definition) is 2. The van der Waals surface area contributed by atoms with E-state index in [1.807, 2.05) is 6.07 Å². The van der Waals surface area contributed by atoms with Crippen molar-refractivity contribution in [3.05, 3.63) is 40.7 Å². The Hall–Kier alpha value is -3.26. The quantitative estimate of drug-likeness (QED) is 0.386. The monoisotopic (exact) mass is 510 g/mol. The molecule has 2 saturated heterocycles. The fraction of sp³-hybridized carbons (Fsp3) is 0.292. The van der Waals surface area contributed by atoms with Crippen molar-refractivity contribution >= 4 is 54.7 Å². The maximum Gasteiger partial charge on any atom is 0.159 e. The molecule has 0 saturated carbocycles. The van der Waals surface area contributed by atoms with E-state index in [9.17, 15) is 9.65 Å². The normalized spacial score (nSPS) is 22.7. The first-order valence-electron chi connectivity index (χ1n) is 11.2. The fourth-order valence-corrected chi connectivity index (χ4v) is 7.08. The molecule has 2 aromatic heterocycles. The first-order valence-corrected chi connectivity index (χ1v) is 12.4. The molecule has 0 radical (unpaired) electrons. The zero-order valence-electron chi connectivity index (χ0n) is 18.1. The minimum absolute atomic E-state index is 0.00219. The minimum atomic E-state index is -0.681. The number of nitrogens with zero attached hydrogens (tertiary/aromatic N) is 4. The number of nitrogens with two attached hydrogens (primary N) is 1. The van der Waals surface area contributed by atoms with Gasteiger partial charge in [0.25, 0.3) is 0 Å². The molecule has 3 aliphatic heterocycles. The van der Waals surface area contributed by atoms with Crippen LogP contribution < -0.4 is 20.7 Å². The van der Waals surface area contributed by atoms with E-state index in [-0.39, 0.29) is 60.2 Å². The summed E-state index contributed by atoms with van der Waals surface area (Å²) in [7, 11) is 0. The third-order valence-electron chi connectivity index (χ3n) is 7.33. The molecule has 7 rings (SSSR count). The van der Waals surface area contributed by atoms with Crippen molar-refractivity contribution in [1.29, 1.82) is 5.26 Å². The van der Waals surface area contributed by atoms with E-state index in [1.165, 1.54) is 18.5 Å². The van der Waals surface area contributed by atoms with Crippen LogP contribution in [0, 0.1) is 23.0 Å². The Labute approximate surface area is 207 Å². The number of aromatic nitrogens is 2. The molecule has 3 aliphatic rings. The molecule has 3 N–H and O–H groups in total. The second-order valence-corrected chi connectivity index (χ2v) is 10.5. The first kappa shape index (κ1) is 21.1. The maximum absolute atomic E-state index is 16.3. The Morgan fingerprint density at radius 1 is 1.26 bits per heavy atom. The number of halogens is 3. The largest absolute Gasteiger partial charge is 0.489 e. The highest BCUT2D eigenvalue weighted by Crippen LogP contribution is 2.51. The third kappa shape index (κ3) is 2.77. The maximum atomic E-state index is 16.3. The Kier molecular flexibility index (Phi) is 4.43. The van der Waals surface area contributed by atoms with E-state index in [1.54, 1.807) is 0 Å². The van der Waals surface area contributed by atoms with Crippen LogP contribution in [0.5, 0.6) is 5.75 Å². The van der Waals surface area contributed by atoms with Crippen molar-refractivity contribution in [2.24, 2.45) is 0 Å². The van der Waals surface area contributed by atoms with E-state index in [0.717, 1.165) is 30.7 Å². The van der Waals surface area contributed by atoms with Gasteiger partial charge in [-0.1, -0.05) is 17.7 Å². The van der Waals surface area contributed by atoms with Crippen molar-refractivity contribution < 1.29 is 13.5 Å². The van der Waals surface area contributed by atoms with E-state index in [4.69, 9.17) is 22.1 Å². The van der Waals surface area contributed by atoms with Crippen molar-refractivity contribution in [2.45, 2.75) is 31.0 Å². The number of nitrogen functional groups attached to an aromatic ring is 1. The lowest BCUT2D eigenvalue weighted by Gasteiger charge is -2.40. The molecule has 176 valence electrons. The number of ether oxygens (including phenoxy) is 1.